The van der Waals surface area contributed by atoms with Gasteiger partial charge in [-0.3, -0.25) is 10.1 Å². The number of nitrogens with zero attached hydrogens (tertiary/aromatic N) is 2. The van der Waals surface area contributed by atoms with Crippen molar-refractivity contribution >= 4 is 42.6 Å². The molecule has 8 heteroatoms. The highest BCUT2D eigenvalue weighted by atomic mass is 32.2. The molecule has 0 saturated carbocycles. The van der Waals surface area contributed by atoms with Crippen molar-refractivity contribution in [1.29, 1.82) is 0 Å². The normalized spacial score (nSPS) is 11.7. The molecule has 0 unspecified atom stereocenters. The predicted molar refractivity (Wildman–Crippen MR) is 128 cm³/mol. The fourth-order valence-corrected chi connectivity index (χ4v) is 5.77. The van der Waals surface area contributed by atoms with E-state index < -0.39 is 10.0 Å². The van der Waals surface area contributed by atoms with Gasteiger partial charge in [0.05, 0.1) is 15.1 Å². The van der Waals surface area contributed by atoms with Crippen molar-refractivity contribution in [2.24, 2.45) is 0 Å². The second kappa shape index (κ2) is 9.20. The predicted octanol–water partition coefficient (Wildman–Crippen LogP) is 5.07. The van der Waals surface area contributed by atoms with Gasteiger partial charge in [0.1, 0.15) is 0 Å². The first-order chi connectivity index (χ1) is 15.4. The zero-order valence-electron chi connectivity index (χ0n) is 17.8. The van der Waals surface area contributed by atoms with E-state index in [-0.39, 0.29) is 10.8 Å². The van der Waals surface area contributed by atoms with Crippen LogP contribution in [0.5, 0.6) is 0 Å². The molecule has 32 heavy (non-hydrogen) atoms. The van der Waals surface area contributed by atoms with Crippen LogP contribution in [-0.4, -0.2) is 30.2 Å². The van der Waals surface area contributed by atoms with Gasteiger partial charge in [0.2, 0.25) is 10.0 Å². The van der Waals surface area contributed by atoms with E-state index >= 15 is 0 Å². The second-order valence-corrected chi connectivity index (χ2v) is 10.3. The first-order valence-corrected chi connectivity index (χ1v) is 12.5. The zero-order valence-corrected chi connectivity index (χ0v) is 19.4. The summed E-state index contributed by atoms with van der Waals surface area (Å²) in [5.41, 5.74) is 3.20. The van der Waals surface area contributed by atoms with Crippen molar-refractivity contribution in [2.45, 2.75) is 25.3 Å². The number of thiazole rings is 1. The summed E-state index contributed by atoms with van der Waals surface area (Å²) in [5, 5.41) is 3.32. The summed E-state index contributed by atoms with van der Waals surface area (Å²) in [4.78, 5) is 17.3. The third-order valence-corrected chi connectivity index (χ3v) is 8.02. The number of amides is 1. The first-order valence-electron chi connectivity index (χ1n) is 10.2. The third-order valence-electron chi connectivity index (χ3n) is 5.15. The number of hydrogen-bond acceptors (Lipinski definition) is 5. The Kier molecular flexibility index (Phi) is 6.36. The Balaban J connectivity index is 1.50. The molecule has 0 saturated heterocycles. The number of hydrogen-bond donors (Lipinski definition) is 1. The molecule has 4 rings (SSSR count). The molecule has 0 aliphatic rings. The standard InChI is InChI=1S/C24H23N3O3S2/c1-3-27(16-18-9-5-4-6-10-18)32(29,30)20-14-12-19(13-15-20)23(28)26-24-25-22-17(2)8-7-11-21(22)31-24/h4-15H,3,16H2,1-2H3,(H,25,26,28). The molecule has 0 bridgehead atoms. The van der Waals surface area contributed by atoms with Gasteiger partial charge in [-0.1, -0.05) is 60.7 Å². The number of carbonyl (C=O) groups is 1. The Hall–Kier alpha value is -3.07. The van der Waals surface area contributed by atoms with E-state index in [0.717, 1.165) is 21.3 Å². The molecule has 3 aromatic carbocycles. The number of rotatable bonds is 7. The fraction of sp³-hybridized carbons (Fsp3) is 0.167. The van der Waals surface area contributed by atoms with E-state index in [1.54, 1.807) is 0 Å². The first kappa shape index (κ1) is 22.1. The number of nitrogens with one attached hydrogen (secondary N) is 1. The van der Waals surface area contributed by atoms with Crippen molar-refractivity contribution in [2.75, 3.05) is 11.9 Å². The van der Waals surface area contributed by atoms with Crippen LogP contribution in [0.25, 0.3) is 10.2 Å². The van der Waals surface area contributed by atoms with Gasteiger partial charge in [0.25, 0.3) is 5.91 Å². The van der Waals surface area contributed by atoms with E-state index in [1.165, 1.54) is 39.9 Å². The fourth-order valence-electron chi connectivity index (χ4n) is 3.39. The van der Waals surface area contributed by atoms with E-state index in [9.17, 15) is 13.2 Å². The second-order valence-electron chi connectivity index (χ2n) is 7.34. The van der Waals surface area contributed by atoms with Crippen molar-refractivity contribution in [3.05, 3.63) is 89.5 Å². The van der Waals surface area contributed by atoms with Gasteiger partial charge in [-0.05, 0) is 48.4 Å². The molecule has 164 valence electrons. The minimum absolute atomic E-state index is 0.155. The molecule has 1 N–H and O–H groups in total. The Morgan fingerprint density at radius 1 is 1.00 bits per heavy atom. The molecule has 4 aromatic rings. The van der Waals surface area contributed by atoms with Gasteiger partial charge < -0.3 is 0 Å². The number of sulfonamides is 1. The smallest absolute Gasteiger partial charge is 0.257 e. The maximum absolute atomic E-state index is 13.1. The van der Waals surface area contributed by atoms with Crippen LogP contribution in [0, 0.1) is 6.92 Å². The molecule has 0 aliphatic heterocycles. The quantitative estimate of drug-likeness (QED) is 0.413. The highest BCUT2D eigenvalue weighted by Gasteiger charge is 2.23. The molecule has 1 amide bonds. The zero-order chi connectivity index (χ0) is 22.7. The van der Waals surface area contributed by atoms with Crippen LogP contribution in [0.15, 0.2) is 77.7 Å². The molecule has 1 heterocycles. The van der Waals surface area contributed by atoms with E-state index in [2.05, 4.69) is 10.3 Å². The number of fused-ring (bicyclic) bond motifs is 1. The molecule has 0 aliphatic carbocycles. The summed E-state index contributed by atoms with van der Waals surface area (Å²) in [6.45, 7) is 4.42. The number of aryl methyl sites for hydroxylation is 1. The summed E-state index contributed by atoms with van der Waals surface area (Å²) < 4.78 is 28.6. The van der Waals surface area contributed by atoms with E-state index in [1.807, 2.05) is 62.4 Å². The van der Waals surface area contributed by atoms with Crippen molar-refractivity contribution in [3.8, 4) is 0 Å². The average Bonchev–Trinajstić information content (AvgIpc) is 3.22. The number of aromatic nitrogens is 1. The molecule has 6 nitrogen and oxygen atoms in total. The largest absolute Gasteiger partial charge is 0.298 e. The van der Waals surface area contributed by atoms with Crippen LogP contribution in [0.3, 0.4) is 0 Å². The Labute approximate surface area is 191 Å². The molecular formula is C24H23N3O3S2. The summed E-state index contributed by atoms with van der Waals surface area (Å²) in [5.74, 6) is -0.331. The maximum Gasteiger partial charge on any atom is 0.257 e. The van der Waals surface area contributed by atoms with Crippen LogP contribution < -0.4 is 5.32 Å². The lowest BCUT2D eigenvalue weighted by Crippen LogP contribution is -2.30. The van der Waals surface area contributed by atoms with Gasteiger partial charge in [0, 0.05) is 18.7 Å². The van der Waals surface area contributed by atoms with Gasteiger partial charge in [-0.2, -0.15) is 4.31 Å². The van der Waals surface area contributed by atoms with Gasteiger partial charge >= 0.3 is 0 Å². The van der Waals surface area contributed by atoms with E-state index in [0.29, 0.717) is 23.8 Å². The average molecular weight is 466 g/mol. The van der Waals surface area contributed by atoms with Crippen molar-refractivity contribution in [3.63, 3.8) is 0 Å². The Morgan fingerprint density at radius 2 is 1.72 bits per heavy atom. The van der Waals surface area contributed by atoms with E-state index in [4.69, 9.17) is 0 Å². The number of para-hydroxylation sites is 1. The number of carbonyl (C=O) groups excluding carboxylic acids is 1. The molecule has 0 spiro atoms. The highest BCUT2D eigenvalue weighted by molar-refractivity contribution is 7.89. The molecular weight excluding hydrogens is 442 g/mol. The van der Waals surface area contributed by atoms with Gasteiger partial charge in [-0.25, -0.2) is 13.4 Å². The minimum atomic E-state index is -3.68. The van der Waals surface area contributed by atoms with Crippen LogP contribution in [-0.2, 0) is 16.6 Å². The summed E-state index contributed by atoms with van der Waals surface area (Å²) in [7, 11) is -3.68. The molecule has 1 aromatic heterocycles. The third kappa shape index (κ3) is 4.57. The molecule has 0 radical (unpaired) electrons. The molecule has 0 fully saturated rings. The number of benzene rings is 3. The lowest BCUT2D eigenvalue weighted by molar-refractivity contribution is 0.102. The van der Waals surface area contributed by atoms with Crippen molar-refractivity contribution < 1.29 is 13.2 Å². The lowest BCUT2D eigenvalue weighted by atomic mass is 10.2. The Bertz CT molecular complexity index is 1350. The van der Waals surface area contributed by atoms with Crippen LogP contribution >= 0.6 is 11.3 Å². The van der Waals surface area contributed by atoms with Crippen LogP contribution in [0.1, 0.15) is 28.4 Å². The molecule has 0 atom stereocenters. The van der Waals surface area contributed by atoms with Gasteiger partial charge in [0.15, 0.2) is 5.13 Å². The summed E-state index contributed by atoms with van der Waals surface area (Å²) in [6, 6.07) is 21.4. The lowest BCUT2D eigenvalue weighted by Gasteiger charge is -2.20. The highest BCUT2D eigenvalue weighted by Crippen LogP contribution is 2.28. The monoisotopic (exact) mass is 465 g/mol. The topological polar surface area (TPSA) is 79.4 Å². The summed E-state index contributed by atoms with van der Waals surface area (Å²) in [6.07, 6.45) is 0. The SMILES string of the molecule is CCN(Cc1ccccc1)S(=O)(=O)c1ccc(C(=O)Nc2nc3c(C)cccc3s2)cc1. The van der Waals surface area contributed by atoms with Gasteiger partial charge in [-0.15, -0.1) is 0 Å². The van der Waals surface area contributed by atoms with Crippen molar-refractivity contribution in [1.82, 2.24) is 9.29 Å². The number of anilines is 1. The Morgan fingerprint density at radius 3 is 2.38 bits per heavy atom. The van der Waals surface area contributed by atoms with Crippen LogP contribution in [0.4, 0.5) is 5.13 Å². The summed E-state index contributed by atoms with van der Waals surface area (Å²) >= 11 is 1.40. The maximum atomic E-state index is 13.1. The van der Waals surface area contributed by atoms with Crippen LogP contribution in [0.2, 0.25) is 0 Å². The minimum Gasteiger partial charge on any atom is -0.298 e.